The molecule has 134 valence electrons. The van der Waals surface area contributed by atoms with Crippen molar-refractivity contribution in [2.45, 2.75) is 26.9 Å². The minimum Gasteiger partial charge on any atom is -0.348 e. The third-order valence-corrected chi connectivity index (χ3v) is 4.05. The summed E-state index contributed by atoms with van der Waals surface area (Å²) in [7, 11) is 1.84. The van der Waals surface area contributed by atoms with E-state index in [1.807, 2.05) is 37.0 Å². The zero-order valence-corrected chi connectivity index (χ0v) is 15.3. The lowest BCUT2D eigenvalue weighted by molar-refractivity contribution is -0.116. The molecule has 0 fully saturated rings. The Kier molecular flexibility index (Phi) is 5.31. The largest absolute Gasteiger partial charge is 0.348 e. The quantitative estimate of drug-likeness (QED) is 0.696. The highest BCUT2D eigenvalue weighted by atomic mass is 16.1. The van der Waals surface area contributed by atoms with Gasteiger partial charge in [0.25, 0.3) is 0 Å². The van der Waals surface area contributed by atoms with Crippen LogP contribution in [0.15, 0.2) is 48.8 Å². The van der Waals surface area contributed by atoms with E-state index in [9.17, 15) is 4.79 Å². The Balaban J connectivity index is 1.57. The van der Waals surface area contributed by atoms with Gasteiger partial charge >= 0.3 is 0 Å². The van der Waals surface area contributed by atoms with Gasteiger partial charge in [0.15, 0.2) is 0 Å². The van der Waals surface area contributed by atoms with Crippen LogP contribution in [0.4, 0.5) is 0 Å². The minimum absolute atomic E-state index is 0.127. The van der Waals surface area contributed by atoms with Crippen LogP contribution >= 0.6 is 0 Å². The Labute approximate surface area is 153 Å². The van der Waals surface area contributed by atoms with Crippen molar-refractivity contribution in [3.8, 4) is 0 Å². The molecule has 0 aliphatic carbocycles. The summed E-state index contributed by atoms with van der Waals surface area (Å²) in [5.74, 6) is -0.127. The van der Waals surface area contributed by atoms with Crippen molar-refractivity contribution in [3.05, 3.63) is 76.9 Å². The van der Waals surface area contributed by atoms with Crippen LogP contribution in [0.1, 0.15) is 28.1 Å². The minimum atomic E-state index is -0.127. The molecular weight excluding hydrogens is 326 g/mol. The molecule has 0 atom stereocenters. The molecule has 6 heteroatoms. The van der Waals surface area contributed by atoms with Gasteiger partial charge in [-0.05, 0) is 37.1 Å². The average Bonchev–Trinajstić information content (AvgIpc) is 3.16. The second-order valence-electron chi connectivity index (χ2n) is 6.40. The third-order valence-electron chi connectivity index (χ3n) is 4.05. The standard InChI is InChI=1S/C20H23N5O/c1-15-9-16(2)25(23-15)14-18-6-4-5-17(10-18)11-21-20(26)8-7-19-12-22-24(3)13-19/h4-10,12-13H,11,14H2,1-3H3,(H,21,26)/b8-7-. The summed E-state index contributed by atoms with van der Waals surface area (Å²) >= 11 is 0. The molecule has 0 radical (unpaired) electrons. The molecule has 6 nitrogen and oxygen atoms in total. The molecule has 0 saturated carbocycles. The SMILES string of the molecule is Cc1cc(C)n(Cc2cccc(CNC(=O)/C=C\c3cnn(C)c3)c2)n1. The van der Waals surface area contributed by atoms with Crippen LogP contribution in [0.25, 0.3) is 6.08 Å². The lowest BCUT2D eigenvalue weighted by Gasteiger charge is -2.08. The van der Waals surface area contributed by atoms with Gasteiger partial charge in [0.2, 0.25) is 5.91 Å². The van der Waals surface area contributed by atoms with Crippen molar-refractivity contribution in [1.29, 1.82) is 0 Å². The van der Waals surface area contributed by atoms with Crippen molar-refractivity contribution in [2.24, 2.45) is 7.05 Å². The van der Waals surface area contributed by atoms with E-state index in [4.69, 9.17) is 0 Å². The van der Waals surface area contributed by atoms with E-state index in [1.54, 1.807) is 17.0 Å². The van der Waals surface area contributed by atoms with E-state index in [0.717, 1.165) is 34.6 Å². The summed E-state index contributed by atoms with van der Waals surface area (Å²) in [6.07, 6.45) is 6.84. The van der Waals surface area contributed by atoms with Gasteiger partial charge in [-0.15, -0.1) is 0 Å². The Hall–Kier alpha value is -3.15. The van der Waals surface area contributed by atoms with Gasteiger partial charge in [-0.2, -0.15) is 10.2 Å². The number of aromatic nitrogens is 4. The first-order valence-corrected chi connectivity index (χ1v) is 8.53. The van der Waals surface area contributed by atoms with Crippen molar-refractivity contribution < 1.29 is 4.79 Å². The highest BCUT2D eigenvalue weighted by Crippen LogP contribution is 2.10. The fraction of sp³-hybridized carbons (Fsp3) is 0.250. The topological polar surface area (TPSA) is 64.7 Å². The predicted molar refractivity (Wildman–Crippen MR) is 101 cm³/mol. The molecule has 3 aromatic rings. The van der Waals surface area contributed by atoms with Gasteiger partial charge in [0.1, 0.15) is 0 Å². The molecule has 2 heterocycles. The predicted octanol–water partition coefficient (Wildman–Crippen LogP) is 2.61. The molecule has 1 aromatic carbocycles. The van der Waals surface area contributed by atoms with E-state index >= 15 is 0 Å². The van der Waals surface area contributed by atoms with Gasteiger partial charge in [0, 0.05) is 37.1 Å². The highest BCUT2D eigenvalue weighted by Gasteiger charge is 2.04. The smallest absolute Gasteiger partial charge is 0.244 e. The molecule has 1 N–H and O–H groups in total. The molecule has 0 aliphatic heterocycles. The summed E-state index contributed by atoms with van der Waals surface area (Å²) in [5, 5.41) is 11.5. The third kappa shape index (κ3) is 4.69. The number of hydrogen-bond acceptors (Lipinski definition) is 3. The lowest BCUT2D eigenvalue weighted by Crippen LogP contribution is -2.20. The first-order valence-electron chi connectivity index (χ1n) is 8.53. The normalized spacial score (nSPS) is 11.2. The molecule has 0 aliphatic rings. The first-order chi connectivity index (χ1) is 12.5. The second kappa shape index (κ2) is 7.82. The van der Waals surface area contributed by atoms with Gasteiger partial charge in [0.05, 0.1) is 18.4 Å². The van der Waals surface area contributed by atoms with Crippen LogP contribution in [-0.2, 0) is 24.9 Å². The van der Waals surface area contributed by atoms with Crippen LogP contribution in [0.5, 0.6) is 0 Å². The maximum absolute atomic E-state index is 12.0. The number of amides is 1. The number of benzene rings is 1. The Morgan fingerprint density at radius 2 is 2.04 bits per heavy atom. The molecular formula is C20H23N5O. The van der Waals surface area contributed by atoms with E-state index in [1.165, 1.54) is 6.08 Å². The monoisotopic (exact) mass is 349 g/mol. The number of nitrogens with zero attached hydrogens (tertiary/aromatic N) is 4. The molecule has 3 rings (SSSR count). The number of carbonyl (C=O) groups excluding carboxylic acids is 1. The Morgan fingerprint density at radius 1 is 1.23 bits per heavy atom. The number of carbonyl (C=O) groups is 1. The summed E-state index contributed by atoms with van der Waals surface area (Å²) in [5.41, 5.74) is 5.28. The second-order valence-corrected chi connectivity index (χ2v) is 6.40. The first kappa shape index (κ1) is 17.7. The number of rotatable bonds is 6. The number of hydrogen-bond donors (Lipinski definition) is 1. The lowest BCUT2D eigenvalue weighted by atomic mass is 10.1. The van der Waals surface area contributed by atoms with Gasteiger partial charge in [-0.3, -0.25) is 14.2 Å². The van der Waals surface area contributed by atoms with Crippen molar-refractivity contribution in [1.82, 2.24) is 24.9 Å². The molecule has 0 unspecified atom stereocenters. The number of aryl methyl sites for hydroxylation is 3. The van der Waals surface area contributed by atoms with E-state index < -0.39 is 0 Å². The fourth-order valence-electron chi connectivity index (χ4n) is 2.79. The summed E-state index contributed by atoms with van der Waals surface area (Å²) in [6, 6.07) is 10.3. The zero-order chi connectivity index (χ0) is 18.5. The molecule has 0 saturated heterocycles. The van der Waals surface area contributed by atoms with E-state index in [2.05, 4.69) is 40.6 Å². The molecule has 26 heavy (non-hydrogen) atoms. The number of nitrogens with one attached hydrogen (secondary N) is 1. The van der Waals surface area contributed by atoms with Gasteiger partial charge < -0.3 is 5.32 Å². The van der Waals surface area contributed by atoms with E-state index in [-0.39, 0.29) is 5.91 Å². The van der Waals surface area contributed by atoms with Crippen LogP contribution < -0.4 is 5.32 Å². The van der Waals surface area contributed by atoms with Crippen molar-refractivity contribution >= 4 is 12.0 Å². The summed E-state index contributed by atoms with van der Waals surface area (Å²) in [6.45, 7) is 5.26. The summed E-state index contributed by atoms with van der Waals surface area (Å²) < 4.78 is 3.69. The van der Waals surface area contributed by atoms with Crippen LogP contribution in [0.2, 0.25) is 0 Å². The fourth-order valence-corrected chi connectivity index (χ4v) is 2.79. The average molecular weight is 349 g/mol. The summed E-state index contributed by atoms with van der Waals surface area (Å²) in [4.78, 5) is 12.0. The van der Waals surface area contributed by atoms with Crippen molar-refractivity contribution in [3.63, 3.8) is 0 Å². The zero-order valence-electron chi connectivity index (χ0n) is 15.3. The molecule has 0 bridgehead atoms. The van der Waals surface area contributed by atoms with Crippen LogP contribution in [-0.4, -0.2) is 25.5 Å². The van der Waals surface area contributed by atoms with Gasteiger partial charge in [-0.25, -0.2) is 0 Å². The molecule has 2 aromatic heterocycles. The highest BCUT2D eigenvalue weighted by molar-refractivity contribution is 5.91. The molecule has 1 amide bonds. The van der Waals surface area contributed by atoms with E-state index in [0.29, 0.717) is 6.54 Å². The Bertz CT molecular complexity index is 935. The maximum atomic E-state index is 12.0. The molecule has 0 spiro atoms. The van der Waals surface area contributed by atoms with Crippen molar-refractivity contribution in [2.75, 3.05) is 0 Å². The Morgan fingerprint density at radius 3 is 2.73 bits per heavy atom. The van der Waals surface area contributed by atoms with Crippen LogP contribution in [0.3, 0.4) is 0 Å². The van der Waals surface area contributed by atoms with Crippen LogP contribution in [0, 0.1) is 13.8 Å². The van der Waals surface area contributed by atoms with Gasteiger partial charge in [-0.1, -0.05) is 24.3 Å². The maximum Gasteiger partial charge on any atom is 0.244 e.